The monoisotopic (exact) mass is 441 g/mol. The molecule has 150 valence electrons. The zero-order chi connectivity index (χ0) is 20.5. The average molecular weight is 442 g/mol. The van der Waals surface area contributed by atoms with Gasteiger partial charge in [-0.15, -0.1) is 23.1 Å². The molecule has 0 saturated heterocycles. The number of fused-ring (bicyclic) bond motifs is 3. The molecule has 0 unspecified atom stereocenters. The topological polar surface area (TPSA) is 90.0 Å². The SMILES string of the molecule is CCOC(=O)CSc1sc(C(=O)OCC)c2c1S(=O)(=O)N(C)c1ccccc1-2. The summed E-state index contributed by atoms with van der Waals surface area (Å²) >= 11 is 2.07. The molecular formula is C18H19NO6S3. The Morgan fingerprint density at radius 3 is 2.50 bits per heavy atom. The van der Waals surface area contributed by atoms with Gasteiger partial charge in [-0.25, -0.2) is 13.2 Å². The molecule has 28 heavy (non-hydrogen) atoms. The Labute approximate surface area is 171 Å². The van der Waals surface area contributed by atoms with Crippen LogP contribution in [0, 0.1) is 0 Å². The molecule has 0 amide bonds. The van der Waals surface area contributed by atoms with Gasteiger partial charge in [0.2, 0.25) is 0 Å². The maximum atomic E-state index is 13.2. The summed E-state index contributed by atoms with van der Waals surface area (Å²) in [5.74, 6) is -1.08. The fourth-order valence-corrected chi connectivity index (χ4v) is 7.30. The predicted octanol–water partition coefficient (Wildman–Crippen LogP) is 3.39. The highest BCUT2D eigenvalue weighted by molar-refractivity contribution is 8.02. The van der Waals surface area contributed by atoms with Gasteiger partial charge >= 0.3 is 11.9 Å². The lowest BCUT2D eigenvalue weighted by Crippen LogP contribution is -2.30. The Balaban J connectivity index is 2.20. The highest BCUT2D eigenvalue weighted by Crippen LogP contribution is 2.51. The second kappa shape index (κ2) is 8.14. The number of hydrogen-bond acceptors (Lipinski definition) is 8. The van der Waals surface area contributed by atoms with Crippen LogP contribution >= 0.6 is 23.1 Å². The number of nitrogens with zero attached hydrogens (tertiary/aromatic N) is 1. The highest BCUT2D eigenvalue weighted by atomic mass is 32.2. The van der Waals surface area contributed by atoms with Crippen LogP contribution in [0.4, 0.5) is 5.69 Å². The third-order valence-electron chi connectivity index (χ3n) is 4.05. The van der Waals surface area contributed by atoms with E-state index >= 15 is 0 Å². The van der Waals surface area contributed by atoms with Gasteiger partial charge in [-0.3, -0.25) is 9.10 Å². The lowest BCUT2D eigenvalue weighted by Gasteiger charge is -2.28. The van der Waals surface area contributed by atoms with Gasteiger partial charge in [0, 0.05) is 18.2 Å². The molecule has 2 aromatic rings. The Kier molecular flexibility index (Phi) is 6.01. The van der Waals surface area contributed by atoms with Gasteiger partial charge in [0.15, 0.2) is 0 Å². The summed E-state index contributed by atoms with van der Waals surface area (Å²) in [6.45, 7) is 3.80. The highest BCUT2D eigenvalue weighted by Gasteiger charge is 2.40. The van der Waals surface area contributed by atoms with Crippen molar-refractivity contribution < 1.29 is 27.5 Å². The predicted molar refractivity (Wildman–Crippen MR) is 109 cm³/mol. The van der Waals surface area contributed by atoms with Crippen LogP contribution in [0.15, 0.2) is 33.4 Å². The molecule has 2 heterocycles. The molecule has 3 rings (SSSR count). The molecule has 1 aromatic carbocycles. The molecule has 1 aromatic heterocycles. The first kappa shape index (κ1) is 20.7. The van der Waals surface area contributed by atoms with Crippen LogP contribution in [0.2, 0.25) is 0 Å². The standard InChI is InChI=1S/C18H19NO6S3/c1-4-24-13(20)10-26-18-16-14(15(27-18)17(21)25-5-2)11-8-6-7-9-12(11)19(3)28(16,22)23/h6-9H,4-5,10H2,1-3H3. The van der Waals surface area contributed by atoms with Crippen molar-refractivity contribution in [2.24, 2.45) is 0 Å². The minimum absolute atomic E-state index is 0.0380. The second-order valence-electron chi connectivity index (χ2n) is 5.73. The number of hydrogen-bond donors (Lipinski definition) is 0. The first-order valence-corrected chi connectivity index (χ1v) is 11.8. The molecule has 0 aliphatic carbocycles. The summed E-state index contributed by atoms with van der Waals surface area (Å²) in [5.41, 5.74) is 1.46. The summed E-state index contributed by atoms with van der Waals surface area (Å²) in [6.07, 6.45) is 0. The number of thiophene rings is 1. The van der Waals surface area contributed by atoms with Crippen LogP contribution < -0.4 is 4.31 Å². The quantitative estimate of drug-likeness (QED) is 0.501. The van der Waals surface area contributed by atoms with Gasteiger partial charge in [0.05, 0.1) is 28.9 Å². The number of para-hydroxylation sites is 1. The molecule has 0 fully saturated rings. The molecule has 1 aliphatic heterocycles. The van der Waals surface area contributed by atoms with Crippen molar-refractivity contribution in [3.05, 3.63) is 29.1 Å². The number of rotatable bonds is 6. The summed E-state index contributed by atoms with van der Waals surface area (Å²) < 4.78 is 38.0. The normalized spacial score (nSPS) is 14.2. The molecule has 0 atom stereocenters. The van der Waals surface area contributed by atoms with Crippen LogP contribution in [-0.2, 0) is 24.3 Å². The minimum atomic E-state index is -3.89. The van der Waals surface area contributed by atoms with E-state index in [0.717, 1.165) is 23.1 Å². The molecule has 0 saturated carbocycles. The minimum Gasteiger partial charge on any atom is -0.465 e. The number of ether oxygens (including phenoxy) is 2. The van der Waals surface area contributed by atoms with E-state index in [9.17, 15) is 18.0 Å². The van der Waals surface area contributed by atoms with E-state index in [2.05, 4.69) is 0 Å². The lowest BCUT2D eigenvalue weighted by atomic mass is 10.0. The molecule has 10 heteroatoms. The van der Waals surface area contributed by atoms with Crippen LogP contribution in [0.5, 0.6) is 0 Å². The maximum Gasteiger partial charge on any atom is 0.349 e. The molecule has 1 aliphatic rings. The number of carbonyl (C=O) groups is 2. The van der Waals surface area contributed by atoms with Crippen molar-refractivity contribution in [2.45, 2.75) is 23.0 Å². The maximum absolute atomic E-state index is 13.2. The first-order valence-electron chi connectivity index (χ1n) is 8.53. The molecule has 0 spiro atoms. The second-order valence-corrected chi connectivity index (χ2v) is 9.90. The van der Waals surface area contributed by atoms with Crippen LogP contribution in [0.25, 0.3) is 11.1 Å². The fraction of sp³-hybridized carbons (Fsp3) is 0.333. The van der Waals surface area contributed by atoms with Crippen LogP contribution in [0.1, 0.15) is 23.5 Å². The van der Waals surface area contributed by atoms with Gasteiger partial charge in [0.1, 0.15) is 9.77 Å². The van der Waals surface area contributed by atoms with E-state index < -0.39 is 22.0 Å². The van der Waals surface area contributed by atoms with Crippen molar-refractivity contribution in [3.63, 3.8) is 0 Å². The molecule has 0 bridgehead atoms. The fourth-order valence-electron chi connectivity index (χ4n) is 2.86. The summed E-state index contributed by atoms with van der Waals surface area (Å²) in [5, 5.41) is 0. The van der Waals surface area contributed by atoms with Gasteiger partial charge in [-0.1, -0.05) is 18.2 Å². The summed E-state index contributed by atoms with van der Waals surface area (Å²) in [4.78, 5) is 24.6. The number of esters is 2. The van der Waals surface area contributed by atoms with E-state index in [4.69, 9.17) is 9.47 Å². The number of sulfonamides is 1. The van der Waals surface area contributed by atoms with E-state index in [0.29, 0.717) is 21.0 Å². The van der Waals surface area contributed by atoms with Gasteiger partial charge < -0.3 is 9.47 Å². The zero-order valence-corrected chi connectivity index (χ0v) is 18.0. The van der Waals surface area contributed by atoms with Crippen molar-refractivity contribution in [2.75, 3.05) is 30.3 Å². The Morgan fingerprint density at radius 1 is 1.14 bits per heavy atom. The molecule has 7 nitrogen and oxygen atoms in total. The molecular weight excluding hydrogens is 422 g/mol. The van der Waals surface area contributed by atoms with E-state index in [1.165, 1.54) is 11.4 Å². The summed E-state index contributed by atoms with van der Waals surface area (Å²) in [7, 11) is -2.42. The number of carbonyl (C=O) groups excluding carboxylic acids is 2. The van der Waals surface area contributed by atoms with Crippen LogP contribution in [-0.4, -0.2) is 46.4 Å². The summed E-state index contributed by atoms with van der Waals surface area (Å²) in [6, 6.07) is 6.98. The Bertz CT molecular complexity index is 1030. The van der Waals surface area contributed by atoms with E-state index in [-0.39, 0.29) is 28.7 Å². The van der Waals surface area contributed by atoms with E-state index in [1.807, 2.05) is 0 Å². The van der Waals surface area contributed by atoms with Crippen molar-refractivity contribution >= 4 is 50.7 Å². The van der Waals surface area contributed by atoms with Crippen molar-refractivity contribution in [1.29, 1.82) is 0 Å². The van der Waals surface area contributed by atoms with Crippen molar-refractivity contribution in [1.82, 2.24) is 0 Å². The first-order chi connectivity index (χ1) is 13.3. The Morgan fingerprint density at radius 2 is 1.82 bits per heavy atom. The van der Waals surface area contributed by atoms with E-state index in [1.54, 1.807) is 38.1 Å². The lowest BCUT2D eigenvalue weighted by molar-refractivity contribution is -0.139. The average Bonchev–Trinajstić information content (AvgIpc) is 3.06. The van der Waals surface area contributed by atoms with Gasteiger partial charge in [-0.2, -0.15) is 0 Å². The smallest absolute Gasteiger partial charge is 0.349 e. The largest absolute Gasteiger partial charge is 0.465 e. The molecule has 0 radical (unpaired) electrons. The third-order valence-corrected chi connectivity index (χ3v) is 8.57. The number of benzene rings is 1. The Hall–Kier alpha value is -2.04. The van der Waals surface area contributed by atoms with Gasteiger partial charge in [-0.05, 0) is 19.9 Å². The number of anilines is 1. The van der Waals surface area contributed by atoms with Gasteiger partial charge in [0.25, 0.3) is 10.0 Å². The van der Waals surface area contributed by atoms with Crippen LogP contribution in [0.3, 0.4) is 0 Å². The van der Waals surface area contributed by atoms with Crippen molar-refractivity contribution in [3.8, 4) is 11.1 Å². The third kappa shape index (κ3) is 3.51. The number of thioether (sulfide) groups is 1. The zero-order valence-electron chi connectivity index (χ0n) is 15.6. The molecule has 0 N–H and O–H groups in total.